The van der Waals surface area contributed by atoms with E-state index in [1.807, 2.05) is 0 Å². The second-order valence-corrected chi connectivity index (χ2v) is 9.07. The maximum atomic E-state index is 11.6. The number of amides is 1. The molecule has 1 amide bonds. The van der Waals surface area contributed by atoms with Crippen LogP contribution < -0.4 is 5.32 Å². The van der Waals surface area contributed by atoms with Gasteiger partial charge in [0.1, 0.15) is 6.73 Å². The fraction of sp³-hybridized carbons (Fsp3) is 0.650. The average molecular weight is 418 g/mol. The average Bonchev–Trinajstić information content (AvgIpc) is 2.64. The third kappa shape index (κ3) is 19.8. The largest absolute Gasteiger partial charge is 0.333 e. The number of hydrogen-bond acceptors (Lipinski definition) is 4. The summed E-state index contributed by atoms with van der Waals surface area (Å²) in [4.78, 5) is 21.0. The standard InChI is InChI=1S/C20H36NO4PS/c1-3-4-5-6-7-8-9-10-11-12-13-14-15-16-17-18-20(22)21-19-25-26(23,27)24-2/h4-5,7-8,10-11H,3,6,9,12-19H2,1-2H3,(H,21,22)(H,23,27)/b5-4-,8-7-,11-10-. The minimum Gasteiger partial charge on any atom is -0.333 e. The molecule has 7 heteroatoms. The summed E-state index contributed by atoms with van der Waals surface area (Å²) in [5, 5.41) is 2.56. The van der Waals surface area contributed by atoms with Crippen molar-refractivity contribution in [3.05, 3.63) is 36.5 Å². The first-order valence-electron chi connectivity index (χ1n) is 9.76. The molecule has 0 aliphatic rings. The summed E-state index contributed by atoms with van der Waals surface area (Å²) in [5.74, 6) is -0.0951. The van der Waals surface area contributed by atoms with Crippen molar-refractivity contribution in [2.24, 2.45) is 0 Å². The molecular weight excluding hydrogens is 381 g/mol. The SMILES string of the molecule is CC/C=C\C/C=C\C/C=C\CCCCCCCC(=O)NCOP(O)(=S)OC. The van der Waals surface area contributed by atoms with E-state index < -0.39 is 6.72 Å². The molecule has 0 aliphatic heterocycles. The van der Waals surface area contributed by atoms with Crippen molar-refractivity contribution in [1.29, 1.82) is 0 Å². The van der Waals surface area contributed by atoms with E-state index in [9.17, 15) is 9.69 Å². The number of carbonyl (C=O) groups is 1. The lowest BCUT2D eigenvalue weighted by Gasteiger charge is -2.13. The number of allylic oxidation sites excluding steroid dienone is 6. The number of unbranched alkanes of at least 4 members (excludes halogenated alkanes) is 5. The second kappa shape index (κ2) is 18.6. The molecule has 0 heterocycles. The van der Waals surface area contributed by atoms with E-state index in [-0.39, 0.29) is 12.6 Å². The molecule has 0 aliphatic carbocycles. The van der Waals surface area contributed by atoms with Crippen LogP contribution in [0.25, 0.3) is 0 Å². The molecule has 0 spiro atoms. The summed E-state index contributed by atoms with van der Waals surface area (Å²) in [6.07, 6.45) is 23.4. The highest BCUT2D eigenvalue weighted by Crippen LogP contribution is 2.41. The molecule has 156 valence electrons. The maximum absolute atomic E-state index is 11.6. The molecule has 0 fully saturated rings. The van der Waals surface area contributed by atoms with Crippen LogP contribution in [0, 0.1) is 0 Å². The van der Waals surface area contributed by atoms with Gasteiger partial charge in [-0.15, -0.1) is 0 Å². The van der Waals surface area contributed by atoms with Crippen LogP contribution in [0.4, 0.5) is 0 Å². The smallest absolute Gasteiger partial charge is 0.325 e. The van der Waals surface area contributed by atoms with Gasteiger partial charge in [0, 0.05) is 13.5 Å². The van der Waals surface area contributed by atoms with Crippen molar-refractivity contribution >= 4 is 24.4 Å². The Labute approximate surface area is 170 Å². The third-order valence-electron chi connectivity index (χ3n) is 3.78. The van der Waals surface area contributed by atoms with E-state index in [1.54, 1.807) is 0 Å². The highest BCUT2D eigenvalue weighted by Gasteiger charge is 2.12. The van der Waals surface area contributed by atoms with Crippen molar-refractivity contribution in [3.8, 4) is 0 Å². The molecule has 1 atom stereocenters. The molecule has 27 heavy (non-hydrogen) atoms. The molecule has 0 saturated heterocycles. The number of nitrogens with one attached hydrogen (secondary N) is 1. The van der Waals surface area contributed by atoms with Crippen LogP contribution in [0.1, 0.15) is 71.1 Å². The molecule has 0 rings (SSSR count). The first-order valence-corrected chi connectivity index (χ1v) is 12.4. The minimum atomic E-state index is -3.19. The highest BCUT2D eigenvalue weighted by atomic mass is 32.5. The van der Waals surface area contributed by atoms with Crippen LogP contribution in [0.2, 0.25) is 0 Å². The van der Waals surface area contributed by atoms with Gasteiger partial charge in [0.2, 0.25) is 5.91 Å². The number of hydrogen-bond donors (Lipinski definition) is 2. The molecule has 5 nitrogen and oxygen atoms in total. The first-order chi connectivity index (χ1) is 13.0. The Bertz CT molecular complexity index is 506. The third-order valence-corrected chi connectivity index (χ3v) is 5.46. The Hall–Kier alpha value is -0.780. The Morgan fingerprint density at radius 3 is 2.26 bits per heavy atom. The summed E-state index contributed by atoms with van der Waals surface area (Å²) in [7, 11) is 1.28. The van der Waals surface area contributed by atoms with Gasteiger partial charge in [0.15, 0.2) is 0 Å². The van der Waals surface area contributed by atoms with Crippen LogP contribution in [0.3, 0.4) is 0 Å². The molecule has 2 N–H and O–H groups in total. The van der Waals surface area contributed by atoms with Gasteiger partial charge in [0.05, 0.1) is 0 Å². The summed E-state index contributed by atoms with van der Waals surface area (Å²) >= 11 is 4.66. The molecule has 0 bridgehead atoms. The van der Waals surface area contributed by atoms with Gasteiger partial charge < -0.3 is 14.7 Å². The van der Waals surface area contributed by atoms with E-state index in [0.29, 0.717) is 6.42 Å². The molecule has 0 saturated carbocycles. The van der Waals surface area contributed by atoms with Gasteiger partial charge in [-0.1, -0.05) is 62.6 Å². The maximum Gasteiger partial charge on any atom is 0.325 e. The molecule has 0 radical (unpaired) electrons. The van der Waals surface area contributed by atoms with Crippen molar-refractivity contribution in [2.75, 3.05) is 13.8 Å². The van der Waals surface area contributed by atoms with Crippen molar-refractivity contribution in [3.63, 3.8) is 0 Å². The topological polar surface area (TPSA) is 67.8 Å². The first kappa shape index (κ1) is 26.2. The van der Waals surface area contributed by atoms with Crippen LogP contribution in [-0.2, 0) is 25.6 Å². The summed E-state index contributed by atoms with van der Waals surface area (Å²) < 4.78 is 9.50. The zero-order valence-electron chi connectivity index (χ0n) is 16.8. The highest BCUT2D eigenvalue weighted by molar-refractivity contribution is 8.07. The normalized spacial score (nSPS) is 14.3. The summed E-state index contributed by atoms with van der Waals surface area (Å²) in [6, 6.07) is 0. The van der Waals surface area contributed by atoms with E-state index >= 15 is 0 Å². The van der Waals surface area contributed by atoms with Gasteiger partial charge >= 0.3 is 6.72 Å². The summed E-state index contributed by atoms with van der Waals surface area (Å²) in [5.41, 5.74) is 0. The van der Waals surface area contributed by atoms with Crippen LogP contribution in [-0.4, -0.2) is 24.6 Å². The fourth-order valence-electron chi connectivity index (χ4n) is 2.24. The lowest BCUT2D eigenvalue weighted by atomic mass is 10.1. The van der Waals surface area contributed by atoms with Gasteiger partial charge in [-0.25, -0.2) is 0 Å². The number of carbonyl (C=O) groups excluding carboxylic acids is 1. The Morgan fingerprint density at radius 1 is 1.00 bits per heavy atom. The van der Waals surface area contributed by atoms with Gasteiger partial charge in [-0.2, -0.15) is 0 Å². The summed E-state index contributed by atoms with van der Waals surface area (Å²) in [6.45, 7) is -1.16. The van der Waals surface area contributed by atoms with E-state index in [4.69, 9.17) is 4.52 Å². The van der Waals surface area contributed by atoms with E-state index in [2.05, 4.69) is 65.0 Å². The predicted octanol–water partition coefficient (Wildman–Crippen LogP) is 5.53. The lowest BCUT2D eigenvalue weighted by Crippen LogP contribution is -2.25. The zero-order valence-corrected chi connectivity index (χ0v) is 18.5. The second-order valence-electron chi connectivity index (χ2n) is 6.12. The minimum absolute atomic E-state index is 0.0951. The monoisotopic (exact) mass is 417 g/mol. The molecular formula is C20H36NO4PS. The van der Waals surface area contributed by atoms with Crippen molar-refractivity contribution in [1.82, 2.24) is 5.32 Å². The Balaban J connectivity index is 3.41. The van der Waals surface area contributed by atoms with E-state index in [0.717, 1.165) is 44.9 Å². The van der Waals surface area contributed by atoms with Crippen LogP contribution in [0.5, 0.6) is 0 Å². The number of rotatable bonds is 17. The molecule has 1 unspecified atom stereocenters. The van der Waals surface area contributed by atoms with Crippen molar-refractivity contribution in [2.45, 2.75) is 71.1 Å². The van der Waals surface area contributed by atoms with Crippen molar-refractivity contribution < 1.29 is 18.7 Å². The quantitative estimate of drug-likeness (QED) is 0.141. The van der Waals surface area contributed by atoms with Gasteiger partial charge in [-0.3, -0.25) is 9.32 Å². The molecule has 0 aromatic rings. The molecule has 0 aromatic heterocycles. The Kier molecular flexibility index (Phi) is 18.0. The van der Waals surface area contributed by atoms with Crippen LogP contribution >= 0.6 is 6.72 Å². The fourth-order valence-corrected chi connectivity index (χ4v) is 2.73. The lowest BCUT2D eigenvalue weighted by molar-refractivity contribution is -0.122. The molecule has 0 aromatic carbocycles. The van der Waals surface area contributed by atoms with Gasteiger partial charge in [-0.05, 0) is 50.3 Å². The predicted molar refractivity (Wildman–Crippen MR) is 117 cm³/mol. The van der Waals surface area contributed by atoms with Gasteiger partial charge in [0.25, 0.3) is 0 Å². The van der Waals surface area contributed by atoms with Crippen LogP contribution in [0.15, 0.2) is 36.5 Å². The Morgan fingerprint density at radius 2 is 1.59 bits per heavy atom. The zero-order chi connectivity index (χ0) is 20.2. The van der Waals surface area contributed by atoms with E-state index in [1.165, 1.54) is 20.0 Å².